The minimum absolute atomic E-state index is 0.0549. The molecule has 0 radical (unpaired) electrons. The molecule has 0 saturated carbocycles. The molecule has 2 heterocycles. The number of oxazole rings is 1. The molecular weight excluding hydrogens is 431 g/mol. The monoisotopic (exact) mass is 455 g/mol. The summed E-state index contributed by atoms with van der Waals surface area (Å²) >= 11 is 0. The average molecular weight is 455 g/mol. The van der Waals surface area contributed by atoms with E-state index in [1.54, 1.807) is 19.9 Å². The van der Waals surface area contributed by atoms with Gasteiger partial charge in [-0.2, -0.15) is 13.8 Å². The van der Waals surface area contributed by atoms with Crippen molar-refractivity contribution in [1.82, 2.24) is 4.98 Å². The highest BCUT2D eigenvalue weighted by atomic mass is 19.3. The normalized spacial score (nSPS) is 21.6. The second kappa shape index (κ2) is 8.71. The number of alkyl halides is 3. The topological polar surface area (TPSA) is 93.9 Å². The second-order valence-electron chi connectivity index (χ2n) is 7.17. The standard InChI is InChI=1S/C21H24F3N3O5/c1-5-20(22)21(23,24)16(26-18-25-14(11-32-18)17(28)30-6-2)13-10-12(4)8-9-15(13)27(20)19(29)31-7-3/h8-11,16H,5-7H2,1-4H3,(H,25,26)/t16-,20-/m0/s1. The molecule has 0 bridgehead atoms. The van der Waals surface area contributed by atoms with Crippen molar-refractivity contribution >= 4 is 23.8 Å². The number of esters is 1. The molecule has 3 rings (SSSR count). The minimum atomic E-state index is -4.13. The Balaban J connectivity index is 2.11. The molecule has 0 aliphatic carbocycles. The first-order valence-corrected chi connectivity index (χ1v) is 10.1. The summed E-state index contributed by atoms with van der Waals surface area (Å²) in [5.41, 5.74) is 0.255. The summed E-state index contributed by atoms with van der Waals surface area (Å²) in [6.45, 7) is 5.95. The van der Waals surface area contributed by atoms with Gasteiger partial charge in [-0.1, -0.05) is 24.6 Å². The van der Waals surface area contributed by atoms with Gasteiger partial charge in [0.2, 0.25) is 0 Å². The van der Waals surface area contributed by atoms with Crippen LogP contribution in [0.5, 0.6) is 0 Å². The van der Waals surface area contributed by atoms with Crippen molar-refractivity contribution in [1.29, 1.82) is 0 Å². The van der Waals surface area contributed by atoms with Crippen molar-refractivity contribution < 1.29 is 36.7 Å². The van der Waals surface area contributed by atoms with Gasteiger partial charge >= 0.3 is 18.0 Å². The number of fused-ring (bicyclic) bond motifs is 1. The van der Waals surface area contributed by atoms with Gasteiger partial charge in [-0.15, -0.1) is 0 Å². The zero-order chi connectivity index (χ0) is 23.7. The fourth-order valence-corrected chi connectivity index (χ4v) is 3.62. The van der Waals surface area contributed by atoms with Crippen molar-refractivity contribution in [2.24, 2.45) is 0 Å². The van der Waals surface area contributed by atoms with Gasteiger partial charge in [-0.05, 0) is 26.8 Å². The van der Waals surface area contributed by atoms with Gasteiger partial charge < -0.3 is 19.2 Å². The van der Waals surface area contributed by atoms with Gasteiger partial charge in [-0.25, -0.2) is 18.9 Å². The van der Waals surface area contributed by atoms with Crippen LogP contribution in [0.3, 0.4) is 0 Å². The van der Waals surface area contributed by atoms with E-state index in [2.05, 4.69) is 10.3 Å². The summed E-state index contributed by atoms with van der Waals surface area (Å²) in [5, 5.41) is 2.40. The number of halogens is 3. The van der Waals surface area contributed by atoms with Crippen molar-refractivity contribution in [2.75, 3.05) is 23.4 Å². The first-order chi connectivity index (χ1) is 15.1. The maximum absolute atomic E-state index is 16.0. The van der Waals surface area contributed by atoms with Crippen molar-refractivity contribution in [3.05, 3.63) is 41.3 Å². The number of benzene rings is 1. The lowest BCUT2D eigenvalue weighted by molar-refractivity contribution is -0.156. The number of nitrogens with zero attached hydrogens (tertiary/aromatic N) is 2. The molecule has 2 atom stereocenters. The number of rotatable bonds is 6. The zero-order valence-electron chi connectivity index (χ0n) is 18.1. The summed E-state index contributed by atoms with van der Waals surface area (Å²) in [6.07, 6.45) is -0.989. The molecule has 0 spiro atoms. The van der Waals surface area contributed by atoms with Gasteiger partial charge in [0.05, 0.1) is 18.9 Å². The highest BCUT2D eigenvalue weighted by Gasteiger charge is 2.68. The molecule has 174 valence electrons. The summed E-state index contributed by atoms with van der Waals surface area (Å²) in [4.78, 5) is 28.5. The number of aromatic nitrogens is 1. The van der Waals surface area contributed by atoms with Crippen molar-refractivity contribution in [3.8, 4) is 0 Å². The van der Waals surface area contributed by atoms with E-state index in [1.165, 1.54) is 26.0 Å². The molecule has 1 aromatic carbocycles. The molecule has 0 saturated heterocycles. The highest BCUT2D eigenvalue weighted by molar-refractivity contribution is 5.92. The lowest BCUT2D eigenvalue weighted by Gasteiger charge is -2.48. The predicted octanol–water partition coefficient (Wildman–Crippen LogP) is 5.00. The first-order valence-electron chi connectivity index (χ1n) is 10.1. The molecule has 8 nitrogen and oxygen atoms in total. The number of aryl methyl sites for hydroxylation is 1. The van der Waals surface area contributed by atoms with Crippen LogP contribution in [-0.2, 0) is 9.47 Å². The molecule has 1 amide bonds. The predicted molar refractivity (Wildman–Crippen MR) is 109 cm³/mol. The summed E-state index contributed by atoms with van der Waals surface area (Å²) < 4.78 is 62.2. The third-order valence-corrected chi connectivity index (χ3v) is 5.14. The molecule has 1 N–H and O–H groups in total. The van der Waals surface area contributed by atoms with Crippen LogP contribution < -0.4 is 10.2 Å². The smallest absolute Gasteiger partial charge is 0.417 e. The van der Waals surface area contributed by atoms with Crippen LogP contribution in [0.1, 0.15) is 54.8 Å². The van der Waals surface area contributed by atoms with E-state index >= 15 is 13.2 Å². The van der Waals surface area contributed by atoms with E-state index < -0.39 is 42.3 Å². The fraction of sp³-hybridized carbons (Fsp3) is 0.476. The first kappa shape index (κ1) is 23.4. The molecule has 2 aromatic rings. The lowest BCUT2D eigenvalue weighted by atomic mass is 9.84. The van der Waals surface area contributed by atoms with E-state index in [1.807, 2.05) is 0 Å². The third kappa shape index (κ3) is 3.76. The lowest BCUT2D eigenvalue weighted by Crippen LogP contribution is -2.65. The molecule has 0 fully saturated rings. The van der Waals surface area contributed by atoms with Crippen molar-refractivity contribution in [2.45, 2.75) is 51.9 Å². The number of hydrogen-bond donors (Lipinski definition) is 1. The number of nitrogens with one attached hydrogen (secondary N) is 1. The number of carbonyl (C=O) groups excluding carboxylic acids is 2. The van der Waals surface area contributed by atoms with Crippen LogP contribution in [-0.4, -0.2) is 42.0 Å². The summed E-state index contributed by atoms with van der Waals surface area (Å²) in [6, 6.07) is 1.99. The van der Waals surface area contributed by atoms with E-state index in [0.29, 0.717) is 10.5 Å². The van der Waals surface area contributed by atoms with Gasteiger partial charge in [0.15, 0.2) is 5.69 Å². The maximum Gasteiger partial charge on any atom is 0.417 e. The van der Waals surface area contributed by atoms with Crippen LogP contribution in [0.15, 0.2) is 28.9 Å². The van der Waals surface area contributed by atoms with Crippen LogP contribution in [0.4, 0.5) is 29.7 Å². The quantitative estimate of drug-likeness (QED) is 0.484. The van der Waals surface area contributed by atoms with Crippen LogP contribution in [0, 0.1) is 6.92 Å². The minimum Gasteiger partial charge on any atom is -0.461 e. The summed E-state index contributed by atoms with van der Waals surface area (Å²) in [7, 11) is 0. The average Bonchev–Trinajstić information content (AvgIpc) is 3.21. The van der Waals surface area contributed by atoms with Crippen molar-refractivity contribution in [3.63, 3.8) is 0 Å². The van der Waals surface area contributed by atoms with Crippen LogP contribution in [0.25, 0.3) is 0 Å². The van der Waals surface area contributed by atoms with Gasteiger partial charge in [0.1, 0.15) is 12.3 Å². The van der Waals surface area contributed by atoms with E-state index in [4.69, 9.17) is 13.9 Å². The number of hydrogen-bond acceptors (Lipinski definition) is 7. The Morgan fingerprint density at radius 3 is 2.50 bits per heavy atom. The Labute approximate surface area is 182 Å². The fourth-order valence-electron chi connectivity index (χ4n) is 3.62. The Morgan fingerprint density at radius 1 is 1.19 bits per heavy atom. The largest absolute Gasteiger partial charge is 0.461 e. The zero-order valence-corrected chi connectivity index (χ0v) is 18.1. The third-order valence-electron chi connectivity index (χ3n) is 5.14. The highest BCUT2D eigenvalue weighted by Crippen LogP contribution is 2.55. The summed E-state index contributed by atoms with van der Waals surface area (Å²) in [5.74, 6) is -8.33. The molecule has 1 aliphatic rings. The molecule has 32 heavy (non-hydrogen) atoms. The molecule has 1 aliphatic heterocycles. The maximum atomic E-state index is 16.0. The molecule has 1 aromatic heterocycles. The van der Waals surface area contributed by atoms with E-state index in [-0.39, 0.29) is 30.2 Å². The van der Waals surface area contributed by atoms with Crippen LogP contribution in [0.2, 0.25) is 0 Å². The van der Waals surface area contributed by atoms with Gasteiger partial charge in [0, 0.05) is 12.0 Å². The molecule has 0 unspecified atom stereocenters. The molecular formula is C21H24F3N3O5. The Kier molecular flexibility index (Phi) is 6.38. The Hall–Kier alpha value is -3.24. The SMILES string of the molecule is CCOC(=O)c1coc(N[C@H]2c3cc(C)ccc3N(C(=O)OCC)[C@@](F)(CC)C2(F)F)n1. The second-order valence-corrected chi connectivity index (χ2v) is 7.17. The number of anilines is 2. The Bertz CT molecular complexity index is 1010. The van der Waals surface area contributed by atoms with E-state index in [0.717, 1.165) is 6.26 Å². The van der Waals surface area contributed by atoms with Crippen LogP contribution >= 0.6 is 0 Å². The Morgan fingerprint density at radius 2 is 1.88 bits per heavy atom. The number of ether oxygens (including phenoxy) is 2. The van der Waals surface area contributed by atoms with Gasteiger partial charge in [0.25, 0.3) is 11.8 Å². The van der Waals surface area contributed by atoms with Gasteiger partial charge in [-0.3, -0.25) is 0 Å². The molecule has 11 heteroatoms. The number of carbonyl (C=O) groups is 2. The number of amides is 1. The van der Waals surface area contributed by atoms with E-state index in [9.17, 15) is 9.59 Å².